The third-order valence-corrected chi connectivity index (χ3v) is 4.47. The van der Waals surface area contributed by atoms with Crippen molar-refractivity contribution in [1.82, 2.24) is 5.32 Å². The minimum Gasteiger partial charge on any atom is -0.313 e. The van der Waals surface area contributed by atoms with Crippen LogP contribution in [0.25, 0.3) is 0 Å². The average Bonchev–Trinajstić information content (AvgIpc) is 2.36. The molecule has 0 heterocycles. The molecule has 1 saturated carbocycles. The summed E-state index contributed by atoms with van der Waals surface area (Å²) in [5.74, 6) is -1.03. The summed E-state index contributed by atoms with van der Waals surface area (Å²) in [6.07, 6.45) is 4.66. The number of halogens is 2. The van der Waals surface area contributed by atoms with Crippen LogP contribution in [-0.4, -0.2) is 7.05 Å². The van der Waals surface area contributed by atoms with Crippen LogP contribution >= 0.6 is 0 Å². The highest BCUT2D eigenvalue weighted by Gasteiger charge is 2.31. The summed E-state index contributed by atoms with van der Waals surface area (Å²) in [6, 6.07) is 4.36. The van der Waals surface area contributed by atoms with Crippen LogP contribution < -0.4 is 5.32 Å². The van der Waals surface area contributed by atoms with E-state index in [1.54, 1.807) is 6.07 Å². The minimum atomic E-state index is -0.775. The SMILES string of the molecule is CNC(c1ccc(F)c(F)c1)C1CCC(C)(C)CC1. The van der Waals surface area contributed by atoms with Gasteiger partial charge in [-0.1, -0.05) is 19.9 Å². The Morgan fingerprint density at radius 2 is 1.79 bits per heavy atom. The van der Waals surface area contributed by atoms with E-state index in [1.807, 2.05) is 7.05 Å². The Hall–Kier alpha value is -0.960. The summed E-state index contributed by atoms with van der Waals surface area (Å²) in [5, 5.41) is 3.27. The molecule has 0 aliphatic heterocycles. The maximum atomic E-state index is 13.4. The second kappa shape index (κ2) is 5.58. The molecule has 0 saturated heterocycles. The van der Waals surface area contributed by atoms with Crippen LogP contribution in [0.5, 0.6) is 0 Å². The van der Waals surface area contributed by atoms with Crippen LogP contribution in [0.1, 0.15) is 51.1 Å². The van der Waals surface area contributed by atoms with E-state index in [-0.39, 0.29) is 6.04 Å². The molecule has 3 heteroatoms. The Bertz CT molecular complexity index is 432. The van der Waals surface area contributed by atoms with Gasteiger partial charge in [-0.05, 0) is 61.8 Å². The smallest absolute Gasteiger partial charge is 0.159 e. The first-order valence-corrected chi connectivity index (χ1v) is 7.05. The fraction of sp³-hybridized carbons (Fsp3) is 0.625. The fourth-order valence-electron chi connectivity index (χ4n) is 3.14. The largest absolute Gasteiger partial charge is 0.313 e. The molecule has 0 amide bonds. The molecule has 0 aromatic heterocycles. The van der Waals surface area contributed by atoms with E-state index in [9.17, 15) is 8.78 Å². The third-order valence-electron chi connectivity index (χ3n) is 4.47. The molecule has 1 nitrogen and oxygen atoms in total. The molecule has 0 spiro atoms. The van der Waals surface area contributed by atoms with Crippen LogP contribution in [0.15, 0.2) is 18.2 Å². The lowest BCUT2D eigenvalue weighted by atomic mass is 9.70. The number of rotatable bonds is 3. The van der Waals surface area contributed by atoms with E-state index in [1.165, 1.54) is 25.0 Å². The zero-order valence-electron chi connectivity index (χ0n) is 12.0. The van der Waals surface area contributed by atoms with Gasteiger partial charge in [-0.3, -0.25) is 0 Å². The van der Waals surface area contributed by atoms with Crippen molar-refractivity contribution in [2.24, 2.45) is 11.3 Å². The van der Waals surface area contributed by atoms with Gasteiger partial charge in [-0.15, -0.1) is 0 Å². The van der Waals surface area contributed by atoms with E-state index < -0.39 is 11.6 Å². The molecule has 0 bridgehead atoms. The van der Waals surface area contributed by atoms with Gasteiger partial charge in [0.1, 0.15) is 0 Å². The molecule has 1 N–H and O–H groups in total. The van der Waals surface area contributed by atoms with Crippen molar-refractivity contribution in [3.63, 3.8) is 0 Å². The van der Waals surface area contributed by atoms with Crippen molar-refractivity contribution in [3.8, 4) is 0 Å². The maximum Gasteiger partial charge on any atom is 0.159 e. The summed E-state index contributed by atoms with van der Waals surface area (Å²) in [4.78, 5) is 0. The molecular weight excluding hydrogens is 244 g/mol. The monoisotopic (exact) mass is 267 g/mol. The van der Waals surface area contributed by atoms with Gasteiger partial charge in [-0.2, -0.15) is 0 Å². The van der Waals surface area contributed by atoms with Gasteiger partial charge in [0.25, 0.3) is 0 Å². The summed E-state index contributed by atoms with van der Waals surface area (Å²) in [5.41, 5.74) is 1.27. The Balaban J connectivity index is 2.14. The molecule has 1 aromatic rings. The van der Waals surface area contributed by atoms with E-state index in [0.29, 0.717) is 11.3 Å². The topological polar surface area (TPSA) is 12.0 Å². The van der Waals surface area contributed by atoms with Crippen LogP contribution in [-0.2, 0) is 0 Å². The van der Waals surface area contributed by atoms with Crippen LogP contribution in [0, 0.1) is 23.0 Å². The van der Waals surface area contributed by atoms with E-state index in [2.05, 4.69) is 19.2 Å². The zero-order valence-corrected chi connectivity index (χ0v) is 12.0. The van der Waals surface area contributed by atoms with Gasteiger partial charge in [0.15, 0.2) is 11.6 Å². The highest BCUT2D eigenvalue weighted by Crippen LogP contribution is 2.42. The number of hydrogen-bond donors (Lipinski definition) is 1. The molecule has 2 rings (SSSR count). The molecule has 1 atom stereocenters. The second-order valence-electron chi connectivity index (χ2n) is 6.44. The van der Waals surface area contributed by atoms with Gasteiger partial charge in [-0.25, -0.2) is 8.78 Å². The molecule has 1 aromatic carbocycles. The maximum absolute atomic E-state index is 13.4. The van der Waals surface area contributed by atoms with Gasteiger partial charge in [0, 0.05) is 6.04 Å². The second-order valence-corrected chi connectivity index (χ2v) is 6.44. The lowest BCUT2D eigenvalue weighted by Gasteiger charge is -2.38. The average molecular weight is 267 g/mol. The standard InChI is InChI=1S/C16H23F2N/c1-16(2)8-6-11(7-9-16)15(19-3)12-4-5-13(17)14(18)10-12/h4-5,10-11,15,19H,6-9H2,1-3H3. The van der Waals surface area contributed by atoms with Gasteiger partial charge in [0.2, 0.25) is 0 Å². The molecule has 106 valence electrons. The van der Waals surface area contributed by atoms with Crippen LogP contribution in [0.3, 0.4) is 0 Å². The summed E-state index contributed by atoms with van der Waals surface area (Å²) >= 11 is 0. The summed E-state index contributed by atoms with van der Waals surface area (Å²) < 4.78 is 26.4. The lowest BCUT2D eigenvalue weighted by molar-refractivity contribution is 0.164. The van der Waals surface area contributed by atoms with Crippen molar-refractivity contribution < 1.29 is 8.78 Å². The molecule has 1 aliphatic carbocycles. The Kier molecular flexibility index (Phi) is 4.24. The molecule has 19 heavy (non-hydrogen) atoms. The van der Waals surface area contributed by atoms with Crippen molar-refractivity contribution >= 4 is 0 Å². The molecule has 1 unspecified atom stereocenters. The first kappa shape index (κ1) is 14.4. The van der Waals surface area contributed by atoms with Crippen LogP contribution in [0.2, 0.25) is 0 Å². The normalized spacial score (nSPS) is 21.3. The number of benzene rings is 1. The molecule has 1 fully saturated rings. The Morgan fingerprint density at radius 1 is 1.16 bits per heavy atom. The van der Waals surface area contributed by atoms with Gasteiger partial charge < -0.3 is 5.32 Å². The van der Waals surface area contributed by atoms with Gasteiger partial charge >= 0.3 is 0 Å². The van der Waals surface area contributed by atoms with Crippen molar-refractivity contribution in [2.75, 3.05) is 7.05 Å². The predicted octanol–water partition coefficient (Wildman–Crippen LogP) is 4.44. The Labute approximate surface area is 114 Å². The molecule has 1 aliphatic rings. The van der Waals surface area contributed by atoms with E-state index in [0.717, 1.165) is 18.4 Å². The minimum absolute atomic E-state index is 0.117. The third kappa shape index (κ3) is 3.33. The molecular formula is C16H23F2N. The van der Waals surface area contributed by atoms with E-state index in [4.69, 9.17) is 0 Å². The van der Waals surface area contributed by atoms with Crippen molar-refractivity contribution in [3.05, 3.63) is 35.4 Å². The number of nitrogens with one attached hydrogen (secondary N) is 1. The van der Waals surface area contributed by atoms with Crippen molar-refractivity contribution in [1.29, 1.82) is 0 Å². The quantitative estimate of drug-likeness (QED) is 0.853. The zero-order chi connectivity index (χ0) is 14.0. The Morgan fingerprint density at radius 3 is 2.32 bits per heavy atom. The summed E-state index contributed by atoms with van der Waals surface area (Å²) in [6.45, 7) is 4.60. The first-order valence-electron chi connectivity index (χ1n) is 7.05. The lowest BCUT2D eigenvalue weighted by Crippen LogP contribution is -2.31. The molecule has 0 radical (unpaired) electrons. The fourth-order valence-corrected chi connectivity index (χ4v) is 3.14. The highest BCUT2D eigenvalue weighted by molar-refractivity contribution is 5.22. The predicted molar refractivity (Wildman–Crippen MR) is 73.9 cm³/mol. The van der Waals surface area contributed by atoms with Crippen LogP contribution in [0.4, 0.5) is 8.78 Å². The van der Waals surface area contributed by atoms with Crippen molar-refractivity contribution in [2.45, 2.75) is 45.6 Å². The van der Waals surface area contributed by atoms with Gasteiger partial charge in [0.05, 0.1) is 0 Å². The summed E-state index contributed by atoms with van der Waals surface area (Å²) in [7, 11) is 1.89. The van der Waals surface area contributed by atoms with E-state index >= 15 is 0 Å². The first-order chi connectivity index (χ1) is 8.93. The highest BCUT2D eigenvalue weighted by atomic mass is 19.2. The number of hydrogen-bond acceptors (Lipinski definition) is 1.